The summed E-state index contributed by atoms with van der Waals surface area (Å²) < 4.78 is 57.9. The number of fused-ring (bicyclic) bond motifs is 5. The number of nitrogens with zero attached hydrogens (tertiary/aromatic N) is 5. The summed E-state index contributed by atoms with van der Waals surface area (Å²) >= 11 is 6.20. The van der Waals surface area contributed by atoms with E-state index in [0.717, 1.165) is 195 Å². The molecule has 0 saturated carbocycles. The summed E-state index contributed by atoms with van der Waals surface area (Å²) in [6.45, 7) is 10.6. The zero-order chi connectivity index (χ0) is 103. The molecule has 20 rings (SSSR count). The van der Waals surface area contributed by atoms with E-state index in [1.54, 1.807) is 79.6 Å². The molecule has 23 heteroatoms. The van der Waals surface area contributed by atoms with E-state index in [9.17, 15) is 58.3 Å². The summed E-state index contributed by atoms with van der Waals surface area (Å²) in [5.41, 5.74) is 24.9. The number of carboxylic acids is 5. The molecule has 5 atom stereocenters. The highest BCUT2D eigenvalue weighted by Gasteiger charge is 2.30. The quantitative estimate of drug-likeness (QED) is 0.0291. The summed E-state index contributed by atoms with van der Waals surface area (Å²) in [4.78, 5) is 77.7. The molecule has 5 N–H and O–H groups in total. The van der Waals surface area contributed by atoms with Gasteiger partial charge in [0.25, 0.3) is 0 Å². The molecule has 6 heterocycles. The van der Waals surface area contributed by atoms with Crippen LogP contribution in [0.1, 0.15) is 277 Å². The molecule has 147 heavy (non-hydrogen) atoms. The van der Waals surface area contributed by atoms with E-state index in [2.05, 4.69) is 137 Å². The van der Waals surface area contributed by atoms with Crippen molar-refractivity contribution in [2.75, 3.05) is 6.61 Å². The lowest BCUT2D eigenvalue weighted by Gasteiger charge is -2.27. The first-order valence-electron chi connectivity index (χ1n) is 50.5. The van der Waals surface area contributed by atoms with Gasteiger partial charge >= 0.3 is 29.8 Å². The van der Waals surface area contributed by atoms with Gasteiger partial charge in [-0.15, -0.1) is 0 Å². The fourth-order valence-corrected chi connectivity index (χ4v) is 21.2. The average Bonchev–Trinajstić information content (AvgIpc) is 0.822. The lowest BCUT2D eigenvalue weighted by Crippen LogP contribution is -2.15. The summed E-state index contributed by atoms with van der Waals surface area (Å²) in [6, 6.07) is 70.9. The van der Waals surface area contributed by atoms with Crippen molar-refractivity contribution in [3.8, 4) is 62.9 Å². The zero-order valence-electron chi connectivity index (χ0n) is 83.2. The Hall–Kier alpha value is -15.6. The van der Waals surface area contributed by atoms with E-state index in [-0.39, 0.29) is 23.1 Å². The molecule has 0 radical (unpaired) electrons. The Kier molecular flexibility index (Phi) is 35.4. The maximum absolute atomic E-state index is 14.1. The molecular formula is C124H120ClF2N5O15. The number of hydrogen-bond donors (Lipinski definition) is 5. The first kappa shape index (κ1) is 104. The van der Waals surface area contributed by atoms with Crippen LogP contribution in [-0.4, -0.2) is 86.9 Å². The normalized spacial score (nSPS) is 15.5. The van der Waals surface area contributed by atoms with Crippen molar-refractivity contribution in [1.82, 2.24) is 24.9 Å². The Morgan fingerprint density at radius 2 is 0.639 bits per heavy atom. The van der Waals surface area contributed by atoms with Gasteiger partial charge in [-0.1, -0.05) is 114 Å². The number of carbonyl (C=O) groups is 5. The standard InChI is InChI=1S/C26H27NO3.2C25H24FNO3.C24H22ClNO3.C24H23NO3/c1-17-6-11-25(18(2)14-17)30-22-9-10-23-19(4-3-5-20(23)15-22)7-8-21-16-27-13-12-24(21)26(28)29;2*1-16-5-10-24(23(26)13-16)30-20-8-9-21-17(3-2-4-18(21)14-20)6-7-19-15-27-12-11-22(19)25(28)29;25-22-6-1-2-7-23(22)29-19-10-11-20-16(4-3-5-17(20)14-19)8-9-18-15-26-13-12-21(18)24(27)28;1-16-4-2-3-5-20(16)18-8-9-21-17(11-13-28-23(21)14-18)6-7-19-15-25-12-10-22(19)24(26)27/h6,9-16,19H,3-5,7-8H2,1-2H3,(H,28,29);2*5,8-15,17H,2-4,6-7H2,1H3,(H,28,29);1-2,6-7,10-16H,3-5,8-9H2,(H,27,28);2-5,8-10,12,14-15,17H,6-7,11,13H2,1H3,(H,26,27). The number of rotatable bonds is 29. The van der Waals surface area contributed by atoms with Crippen molar-refractivity contribution in [2.24, 2.45) is 0 Å². The zero-order valence-corrected chi connectivity index (χ0v) is 83.9. The number of para-hydroxylation sites is 1. The number of hydrogen-bond acceptors (Lipinski definition) is 15. The lowest BCUT2D eigenvalue weighted by atomic mass is 9.79. The van der Waals surface area contributed by atoms with Crippen LogP contribution >= 0.6 is 11.6 Å². The molecular weight excluding hydrogens is 1870 g/mol. The largest absolute Gasteiger partial charge is 0.493 e. The monoisotopic (exact) mass is 1990 g/mol. The summed E-state index contributed by atoms with van der Waals surface area (Å²) in [5, 5.41) is 47.5. The van der Waals surface area contributed by atoms with Crippen LogP contribution in [0, 0.1) is 46.3 Å². The molecule has 5 aromatic heterocycles. The highest BCUT2D eigenvalue weighted by molar-refractivity contribution is 6.32. The Morgan fingerprint density at radius 3 is 0.980 bits per heavy atom. The van der Waals surface area contributed by atoms with Crippen molar-refractivity contribution in [1.29, 1.82) is 0 Å². The predicted molar refractivity (Wildman–Crippen MR) is 565 cm³/mol. The Labute approximate surface area is 861 Å². The number of carboxylic acid groups (broad SMARTS) is 5. The number of aromatic nitrogens is 5. The third-order valence-corrected chi connectivity index (χ3v) is 28.9. The van der Waals surface area contributed by atoms with E-state index in [1.807, 2.05) is 92.7 Å². The molecule has 0 saturated heterocycles. The molecule has 4 aliphatic carbocycles. The van der Waals surface area contributed by atoms with Crippen molar-refractivity contribution < 1.29 is 82.0 Å². The molecule has 5 aliphatic rings. The Morgan fingerprint density at radius 1 is 0.327 bits per heavy atom. The van der Waals surface area contributed by atoms with Gasteiger partial charge in [0.05, 0.1) is 39.4 Å². The van der Waals surface area contributed by atoms with Crippen LogP contribution < -0.4 is 23.7 Å². The fraction of sp³-hybridized carbons (Fsp3) is 0.274. The molecule has 0 amide bonds. The van der Waals surface area contributed by atoms with E-state index in [0.29, 0.717) is 112 Å². The minimum Gasteiger partial charge on any atom is -0.493 e. The molecule has 1 aliphatic heterocycles. The summed E-state index contributed by atoms with van der Waals surface area (Å²) in [7, 11) is 0. The van der Waals surface area contributed by atoms with Gasteiger partial charge in [0, 0.05) is 62.0 Å². The van der Waals surface area contributed by atoms with Gasteiger partial charge in [0.15, 0.2) is 23.1 Å². The van der Waals surface area contributed by atoms with Gasteiger partial charge in [-0.25, -0.2) is 32.8 Å². The Balaban J connectivity index is 0.000000131. The van der Waals surface area contributed by atoms with Gasteiger partial charge in [-0.2, -0.15) is 0 Å². The minimum atomic E-state index is -0.915. The van der Waals surface area contributed by atoms with Crippen LogP contribution in [0.4, 0.5) is 8.78 Å². The van der Waals surface area contributed by atoms with Crippen LogP contribution in [-0.2, 0) is 57.8 Å². The van der Waals surface area contributed by atoms with Crippen molar-refractivity contribution >= 4 is 41.4 Å². The molecule has 20 nitrogen and oxygen atoms in total. The number of benzene rings is 10. The second-order valence-corrected chi connectivity index (χ2v) is 39.0. The highest BCUT2D eigenvalue weighted by atomic mass is 35.5. The second kappa shape index (κ2) is 49.8. The minimum absolute atomic E-state index is 0.227. The molecule has 0 spiro atoms. The number of aryl methyl sites for hydroxylation is 14. The van der Waals surface area contributed by atoms with E-state index in [4.69, 9.17) is 35.3 Å². The van der Waals surface area contributed by atoms with Crippen molar-refractivity contribution in [3.05, 3.63) is 437 Å². The van der Waals surface area contributed by atoms with E-state index < -0.39 is 29.8 Å². The third kappa shape index (κ3) is 27.4. The topological polar surface area (TPSA) is 297 Å². The molecule has 10 aromatic carbocycles. The van der Waals surface area contributed by atoms with Crippen LogP contribution in [0.2, 0.25) is 5.02 Å². The van der Waals surface area contributed by atoms with Gasteiger partial charge in [0.2, 0.25) is 0 Å². The molecule has 15 aromatic rings. The SMILES string of the molecule is Cc1ccc(Oc2ccc3c(c2)CCCC3CCc2cnccc2C(=O)O)c(C)c1.Cc1ccc(Oc2ccc3c(c2)CCCC3CCc2cnccc2C(=O)O)c(F)c1.Cc1ccc(Oc2ccc3c(c2)CCCC3CCc2cnccc2C(=O)O)c(F)c1.Cc1ccccc1-c1ccc2c(c1)OCCC2CCc1cnccc1C(=O)O.O=C(O)c1ccncc1CCC1CCCc2cc(Oc3ccccc3Cl)ccc21. The van der Waals surface area contributed by atoms with E-state index in [1.165, 1.54) is 104 Å². The van der Waals surface area contributed by atoms with Gasteiger partial charge in [0.1, 0.15) is 40.2 Å². The van der Waals surface area contributed by atoms with Crippen LogP contribution in [0.25, 0.3) is 11.1 Å². The molecule has 5 unspecified atom stereocenters. The Bertz CT molecular complexity index is 6840. The average molecular weight is 1990 g/mol. The van der Waals surface area contributed by atoms with Gasteiger partial charge < -0.3 is 49.2 Å². The number of pyridine rings is 5. The van der Waals surface area contributed by atoms with Crippen LogP contribution in [0.3, 0.4) is 0 Å². The molecule has 0 fully saturated rings. The first-order valence-corrected chi connectivity index (χ1v) is 50.9. The summed E-state index contributed by atoms with van der Waals surface area (Å²) in [6.07, 6.45) is 37.6. The van der Waals surface area contributed by atoms with Gasteiger partial charge in [-0.05, 0) is 451 Å². The van der Waals surface area contributed by atoms with Gasteiger partial charge in [-0.3, -0.25) is 24.9 Å². The van der Waals surface area contributed by atoms with E-state index >= 15 is 0 Å². The number of halogens is 3. The molecule has 752 valence electrons. The first-order chi connectivity index (χ1) is 71.3. The lowest BCUT2D eigenvalue weighted by molar-refractivity contribution is 0.0684. The number of ether oxygens (including phenoxy) is 5. The third-order valence-electron chi connectivity index (χ3n) is 28.6. The van der Waals surface area contributed by atoms with Crippen LogP contribution in [0.5, 0.6) is 51.7 Å². The second-order valence-electron chi connectivity index (χ2n) is 38.6. The van der Waals surface area contributed by atoms with Crippen molar-refractivity contribution in [3.63, 3.8) is 0 Å². The predicted octanol–water partition coefficient (Wildman–Crippen LogP) is 29.9. The fourth-order valence-electron chi connectivity index (χ4n) is 21.0. The maximum atomic E-state index is 14.1. The highest BCUT2D eigenvalue weighted by Crippen LogP contribution is 2.46. The molecule has 0 bridgehead atoms. The smallest absolute Gasteiger partial charge is 0.336 e. The van der Waals surface area contributed by atoms with Crippen molar-refractivity contribution in [2.45, 2.75) is 212 Å². The van der Waals surface area contributed by atoms with Crippen LogP contribution in [0.15, 0.2) is 286 Å². The summed E-state index contributed by atoms with van der Waals surface area (Å²) in [5.74, 6) is 2.58. The number of aromatic carboxylic acids is 5. The maximum Gasteiger partial charge on any atom is 0.336 e.